The number of likely N-dealkylation sites (N-methyl/N-ethyl adjacent to an activating group) is 1. The molecule has 2 rings (SSSR count). The van der Waals surface area contributed by atoms with Gasteiger partial charge in [-0.05, 0) is 13.0 Å². The van der Waals surface area contributed by atoms with Gasteiger partial charge in [-0.25, -0.2) is 4.98 Å². The Morgan fingerprint density at radius 3 is 2.94 bits per heavy atom. The fourth-order valence-electron chi connectivity index (χ4n) is 1.83. The zero-order chi connectivity index (χ0) is 11.5. The van der Waals surface area contributed by atoms with Crippen molar-refractivity contribution in [2.75, 3.05) is 24.5 Å². The molecule has 6 nitrogen and oxygen atoms in total. The average molecular weight is 222 g/mol. The van der Waals surface area contributed by atoms with Crippen LogP contribution in [0.4, 0.5) is 11.5 Å². The monoisotopic (exact) mass is 222 g/mol. The molecule has 0 spiro atoms. The van der Waals surface area contributed by atoms with Gasteiger partial charge in [0.15, 0.2) is 0 Å². The summed E-state index contributed by atoms with van der Waals surface area (Å²) < 4.78 is 0. The molecule has 0 aromatic carbocycles. The number of pyridine rings is 1. The number of aromatic nitrogens is 1. The summed E-state index contributed by atoms with van der Waals surface area (Å²) in [4.78, 5) is 16.6. The summed E-state index contributed by atoms with van der Waals surface area (Å²) in [5, 5.41) is 14.0. The van der Waals surface area contributed by atoms with E-state index in [-0.39, 0.29) is 10.6 Å². The molecule has 1 fully saturated rings. The summed E-state index contributed by atoms with van der Waals surface area (Å²) in [6.07, 6.45) is 1.59. The molecule has 0 atom stereocenters. The number of hydrogen-bond acceptors (Lipinski definition) is 5. The Kier molecular flexibility index (Phi) is 3.00. The highest BCUT2D eigenvalue weighted by Crippen LogP contribution is 2.26. The summed E-state index contributed by atoms with van der Waals surface area (Å²) in [6, 6.07) is 3.41. The number of nitrogens with one attached hydrogen (secondary N) is 1. The zero-order valence-electron chi connectivity index (χ0n) is 9.09. The van der Waals surface area contributed by atoms with Gasteiger partial charge in [-0.2, -0.15) is 0 Å². The van der Waals surface area contributed by atoms with Crippen molar-refractivity contribution in [1.29, 1.82) is 0 Å². The number of anilines is 1. The third-order valence-corrected chi connectivity index (χ3v) is 2.78. The van der Waals surface area contributed by atoms with Gasteiger partial charge in [0, 0.05) is 31.9 Å². The minimum atomic E-state index is -0.378. The standard InChI is InChI=1S/C10H14N4O2/c1-2-13(8-6-11-7-8)10-9(14(15)16)4-3-5-12-10/h3-5,8,11H,2,6-7H2,1H3. The van der Waals surface area contributed by atoms with Crippen LogP contribution in [-0.4, -0.2) is 35.6 Å². The third-order valence-electron chi connectivity index (χ3n) is 2.78. The predicted octanol–water partition coefficient (Wildman–Crippen LogP) is 0.788. The lowest BCUT2D eigenvalue weighted by Gasteiger charge is -2.37. The molecule has 1 aliphatic rings. The molecule has 0 aliphatic carbocycles. The van der Waals surface area contributed by atoms with Crippen LogP contribution in [0.25, 0.3) is 0 Å². The maximum Gasteiger partial charge on any atom is 0.311 e. The first-order valence-corrected chi connectivity index (χ1v) is 5.30. The largest absolute Gasteiger partial charge is 0.346 e. The highest BCUT2D eigenvalue weighted by Gasteiger charge is 2.29. The van der Waals surface area contributed by atoms with Crippen molar-refractivity contribution in [2.45, 2.75) is 13.0 Å². The van der Waals surface area contributed by atoms with Crippen LogP contribution in [-0.2, 0) is 0 Å². The minimum Gasteiger partial charge on any atom is -0.346 e. The molecule has 0 saturated carbocycles. The molecular weight excluding hydrogens is 208 g/mol. The van der Waals surface area contributed by atoms with Gasteiger partial charge in [0.25, 0.3) is 0 Å². The van der Waals surface area contributed by atoms with Gasteiger partial charge in [0.05, 0.1) is 11.0 Å². The third kappa shape index (κ3) is 1.83. The fraction of sp³-hybridized carbons (Fsp3) is 0.500. The van der Waals surface area contributed by atoms with E-state index in [1.807, 2.05) is 11.8 Å². The summed E-state index contributed by atoms with van der Waals surface area (Å²) in [7, 11) is 0. The first-order valence-electron chi connectivity index (χ1n) is 5.30. The van der Waals surface area contributed by atoms with E-state index in [1.54, 1.807) is 12.3 Å². The van der Waals surface area contributed by atoms with Crippen LogP contribution in [0.5, 0.6) is 0 Å². The molecule has 1 aliphatic heterocycles. The summed E-state index contributed by atoms with van der Waals surface area (Å²) in [5.74, 6) is 0.474. The highest BCUT2D eigenvalue weighted by atomic mass is 16.6. The zero-order valence-corrected chi connectivity index (χ0v) is 9.09. The smallest absolute Gasteiger partial charge is 0.311 e. The maximum atomic E-state index is 10.9. The van der Waals surface area contributed by atoms with Crippen molar-refractivity contribution in [3.8, 4) is 0 Å². The molecular formula is C10H14N4O2. The van der Waals surface area contributed by atoms with Crippen molar-refractivity contribution >= 4 is 11.5 Å². The Labute approximate surface area is 93.4 Å². The predicted molar refractivity (Wildman–Crippen MR) is 60.6 cm³/mol. The Morgan fingerprint density at radius 1 is 1.69 bits per heavy atom. The molecule has 0 radical (unpaired) electrons. The number of rotatable bonds is 4. The lowest BCUT2D eigenvalue weighted by molar-refractivity contribution is -0.384. The van der Waals surface area contributed by atoms with Gasteiger partial charge >= 0.3 is 5.69 Å². The van der Waals surface area contributed by atoms with Crippen LogP contribution in [0.1, 0.15) is 6.92 Å². The number of nitrogens with zero attached hydrogens (tertiary/aromatic N) is 3. The first kappa shape index (κ1) is 10.8. The summed E-state index contributed by atoms with van der Waals surface area (Å²) >= 11 is 0. The quantitative estimate of drug-likeness (QED) is 0.602. The van der Waals surface area contributed by atoms with E-state index in [0.717, 1.165) is 19.6 Å². The molecule has 1 saturated heterocycles. The van der Waals surface area contributed by atoms with Crippen molar-refractivity contribution in [1.82, 2.24) is 10.3 Å². The first-order chi connectivity index (χ1) is 7.74. The van der Waals surface area contributed by atoms with Gasteiger partial charge in [-0.3, -0.25) is 10.1 Å². The second-order valence-electron chi connectivity index (χ2n) is 3.70. The average Bonchev–Trinajstić information content (AvgIpc) is 2.23. The Hall–Kier alpha value is -1.69. The fourth-order valence-corrected chi connectivity index (χ4v) is 1.83. The van der Waals surface area contributed by atoms with Gasteiger partial charge in [0.2, 0.25) is 5.82 Å². The molecule has 86 valence electrons. The van der Waals surface area contributed by atoms with E-state index in [1.165, 1.54) is 6.07 Å². The molecule has 1 aromatic rings. The number of nitro groups is 1. The molecule has 16 heavy (non-hydrogen) atoms. The normalized spacial score (nSPS) is 15.6. The maximum absolute atomic E-state index is 10.9. The molecule has 1 aromatic heterocycles. The molecule has 1 N–H and O–H groups in total. The van der Waals surface area contributed by atoms with E-state index in [4.69, 9.17) is 0 Å². The lowest BCUT2D eigenvalue weighted by atomic mass is 10.1. The van der Waals surface area contributed by atoms with Crippen LogP contribution >= 0.6 is 0 Å². The van der Waals surface area contributed by atoms with Crippen LogP contribution < -0.4 is 10.2 Å². The van der Waals surface area contributed by atoms with Crippen molar-refractivity contribution in [2.24, 2.45) is 0 Å². The minimum absolute atomic E-state index is 0.0799. The van der Waals surface area contributed by atoms with Crippen LogP contribution in [0, 0.1) is 10.1 Å². The molecule has 0 bridgehead atoms. The highest BCUT2D eigenvalue weighted by molar-refractivity contribution is 5.58. The summed E-state index contributed by atoms with van der Waals surface area (Å²) in [5.41, 5.74) is 0.0799. The SMILES string of the molecule is CCN(c1ncccc1[N+](=O)[O-])C1CNC1. The molecule has 2 heterocycles. The van der Waals surface area contributed by atoms with Crippen molar-refractivity contribution in [3.63, 3.8) is 0 Å². The molecule has 0 unspecified atom stereocenters. The van der Waals surface area contributed by atoms with Crippen LogP contribution in [0.3, 0.4) is 0 Å². The molecule has 0 amide bonds. The summed E-state index contributed by atoms with van der Waals surface area (Å²) in [6.45, 7) is 4.43. The van der Waals surface area contributed by atoms with E-state index >= 15 is 0 Å². The lowest BCUT2D eigenvalue weighted by Crippen LogP contribution is -2.57. The number of hydrogen-bond donors (Lipinski definition) is 1. The second-order valence-corrected chi connectivity index (χ2v) is 3.70. The Bertz CT molecular complexity index is 392. The van der Waals surface area contributed by atoms with Gasteiger partial charge in [-0.15, -0.1) is 0 Å². The van der Waals surface area contributed by atoms with Gasteiger partial charge < -0.3 is 10.2 Å². The van der Waals surface area contributed by atoms with E-state index < -0.39 is 0 Å². The topological polar surface area (TPSA) is 71.3 Å². The Balaban J connectivity index is 2.32. The van der Waals surface area contributed by atoms with Crippen molar-refractivity contribution < 1.29 is 4.92 Å². The molecule has 6 heteroatoms. The van der Waals surface area contributed by atoms with Crippen molar-refractivity contribution in [3.05, 3.63) is 28.4 Å². The van der Waals surface area contributed by atoms with Crippen LogP contribution in [0.15, 0.2) is 18.3 Å². The van der Waals surface area contributed by atoms with Gasteiger partial charge in [0.1, 0.15) is 0 Å². The van der Waals surface area contributed by atoms with E-state index in [2.05, 4.69) is 10.3 Å². The Morgan fingerprint density at radius 2 is 2.44 bits per heavy atom. The van der Waals surface area contributed by atoms with Crippen LogP contribution in [0.2, 0.25) is 0 Å². The second kappa shape index (κ2) is 4.44. The van der Waals surface area contributed by atoms with E-state index in [9.17, 15) is 10.1 Å². The van der Waals surface area contributed by atoms with Gasteiger partial charge in [-0.1, -0.05) is 0 Å². The van der Waals surface area contributed by atoms with E-state index in [0.29, 0.717) is 11.9 Å².